The number of benzene rings is 1. The van der Waals surface area contributed by atoms with Gasteiger partial charge in [0, 0.05) is 12.3 Å². The Balaban J connectivity index is 1.84. The lowest BCUT2D eigenvalue weighted by Gasteiger charge is -2.19. The number of carbonyl (C=O) groups is 1. The lowest BCUT2D eigenvalue weighted by molar-refractivity contribution is -0.139. The minimum absolute atomic E-state index is 0.113. The van der Waals surface area contributed by atoms with E-state index in [1.807, 2.05) is 42.5 Å². The van der Waals surface area contributed by atoms with Gasteiger partial charge < -0.3 is 24.8 Å². The van der Waals surface area contributed by atoms with Gasteiger partial charge in [-0.1, -0.05) is 54.7 Å². The maximum atomic E-state index is 11.0. The fourth-order valence-corrected chi connectivity index (χ4v) is 3.36. The fraction of sp³-hybridized carbons (Fsp3) is 0.435. The number of esters is 1. The Morgan fingerprint density at radius 3 is 2.62 bits per heavy atom. The molecule has 1 fully saturated rings. The number of hydrogen-bond donors (Lipinski definition) is 3. The van der Waals surface area contributed by atoms with E-state index in [-0.39, 0.29) is 30.8 Å². The first-order chi connectivity index (χ1) is 14.0. The summed E-state index contributed by atoms with van der Waals surface area (Å²) in [5.41, 5.74) is 0. The van der Waals surface area contributed by atoms with Crippen LogP contribution in [0.3, 0.4) is 0 Å². The van der Waals surface area contributed by atoms with E-state index in [0.717, 1.165) is 0 Å². The largest absolute Gasteiger partial charge is 0.491 e. The third kappa shape index (κ3) is 7.85. The molecule has 5 atom stereocenters. The summed E-state index contributed by atoms with van der Waals surface area (Å²) in [6.45, 7) is 0.113. The molecule has 1 aliphatic carbocycles. The molecule has 0 heterocycles. The second kappa shape index (κ2) is 12.2. The molecule has 29 heavy (non-hydrogen) atoms. The summed E-state index contributed by atoms with van der Waals surface area (Å²) in [6.07, 6.45) is 9.56. The number of hydrogen-bond acceptors (Lipinski definition) is 6. The molecule has 2 rings (SSSR count). The lowest BCUT2D eigenvalue weighted by atomic mass is 9.90. The molecular formula is C23H30O6. The summed E-state index contributed by atoms with van der Waals surface area (Å²) >= 11 is 0. The highest BCUT2D eigenvalue weighted by Crippen LogP contribution is 2.36. The van der Waals surface area contributed by atoms with Crippen LogP contribution < -0.4 is 4.74 Å². The van der Waals surface area contributed by atoms with E-state index in [2.05, 4.69) is 4.74 Å². The molecule has 1 aromatic carbocycles. The monoisotopic (exact) mass is 402 g/mol. The van der Waals surface area contributed by atoms with E-state index in [4.69, 9.17) is 4.74 Å². The Morgan fingerprint density at radius 1 is 1.17 bits per heavy atom. The van der Waals surface area contributed by atoms with Gasteiger partial charge in [0.25, 0.3) is 0 Å². The van der Waals surface area contributed by atoms with Crippen molar-refractivity contribution in [1.82, 2.24) is 0 Å². The van der Waals surface area contributed by atoms with Crippen molar-refractivity contribution in [3.63, 3.8) is 0 Å². The molecule has 0 aliphatic heterocycles. The second-order valence-corrected chi connectivity index (χ2v) is 7.06. The number of methoxy groups -OCH3 is 1. The van der Waals surface area contributed by atoms with Crippen LogP contribution in [0.4, 0.5) is 0 Å². The van der Waals surface area contributed by atoms with E-state index in [9.17, 15) is 20.1 Å². The van der Waals surface area contributed by atoms with Crippen LogP contribution in [0.15, 0.2) is 66.8 Å². The molecule has 3 N–H and O–H groups in total. The molecule has 6 heteroatoms. The number of allylic oxidation sites excluding steroid dienone is 3. The summed E-state index contributed by atoms with van der Waals surface area (Å²) in [5, 5.41) is 30.7. The van der Waals surface area contributed by atoms with Gasteiger partial charge in [-0.2, -0.15) is 0 Å². The minimum atomic E-state index is -0.808. The Morgan fingerprint density at radius 2 is 1.90 bits per heavy atom. The van der Waals surface area contributed by atoms with Gasteiger partial charge in [-0.05, 0) is 24.5 Å². The number of aliphatic hydroxyl groups excluding tert-OH is 3. The van der Waals surface area contributed by atoms with E-state index in [1.165, 1.54) is 7.11 Å². The SMILES string of the molecule is COC(=O)C/C=C/C=C\C[C@@H]1[C@@H](/C=C/[C@@H](O)COc2ccccc2)[C@H](O)C[C@@H]1O. The van der Waals surface area contributed by atoms with E-state index in [1.54, 1.807) is 24.3 Å². The summed E-state index contributed by atoms with van der Waals surface area (Å²) in [4.78, 5) is 11.0. The standard InChI is InChI=1S/C23H30O6/c1-28-23(27)12-8-3-2-7-11-19-20(22(26)15-21(19)25)14-13-17(24)16-29-18-9-5-4-6-10-18/h2-10,13-14,17,19-22,24-26H,11-12,15-16H2,1H3/b7-2-,8-3+,14-13+/t17-,19-,20-,21+,22-/m1/s1. The smallest absolute Gasteiger partial charge is 0.309 e. The summed E-state index contributed by atoms with van der Waals surface area (Å²) in [6, 6.07) is 9.23. The molecule has 158 valence electrons. The average molecular weight is 402 g/mol. The molecule has 0 bridgehead atoms. The maximum absolute atomic E-state index is 11.0. The van der Waals surface area contributed by atoms with Crippen molar-refractivity contribution >= 4 is 5.97 Å². The predicted octanol–water partition coefficient (Wildman–Crippen LogP) is 2.41. The van der Waals surface area contributed by atoms with E-state index < -0.39 is 18.3 Å². The van der Waals surface area contributed by atoms with Crippen molar-refractivity contribution in [3.8, 4) is 5.75 Å². The Hall–Kier alpha value is -2.41. The van der Waals surface area contributed by atoms with Gasteiger partial charge in [-0.3, -0.25) is 4.79 Å². The third-order valence-corrected chi connectivity index (χ3v) is 4.94. The zero-order chi connectivity index (χ0) is 21.1. The number of rotatable bonds is 10. The molecular weight excluding hydrogens is 372 g/mol. The van der Waals surface area contributed by atoms with Crippen LogP contribution in [0.2, 0.25) is 0 Å². The molecule has 1 saturated carbocycles. The van der Waals surface area contributed by atoms with Gasteiger partial charge in [0.05, 0.1) is 25.7 Å². The molecule has 1 aliphatic rings. The number of ether oxygens (including phenoxy) is 2. The van der Waals surface area contributed by atoms with E-state index in [0.29, 0.717) is 18.6 Å². The van der Waals surface area contributed by atoms with Crippen LogP contribution in [0.5, 0.6) is 5.75 Å². The predicted molar refractivity (Wildman–Crippen MR) is 110 cm³/mol. The van der Waals surface area contributed by atoms with Crippen LogP contribution in [0.25, 0.3) is 0 Å². The first-order valence-corrected chi connectivity index (χ1v) is 9.80. The van der Waals surface area contributed by atoms with Crippen molar-refractivity contribution in [2.75, 3.05) is 13.7 Å². The molecule has 0 unspecified atom stereocenters. The molecule has 0 spiro atoms. The first kappa shape index (κ1) is 22.9. The number of aliphatic hydroxyl groups is 3. The van der Waals surface area contributed by atoms with Crippen molar-refractivity contribution in [1.29, 1.82) is 0 Å². The number of carbonyl (C=O) groups excluding carboxylic acids is 1. The van der Waals surface area contributed by atoms with Crippen LogP contribution in [0, 0.1) is 11.8 Å². The molecule has 6 nitrogen and oxygen atoms in total. The lowest BCUT2D eigenvalue weighted by Crippen LogP contribution is -2.21. The average Bonchev–Trinajstić information content (AvgIpc) is 3.00. The molecule has 0 saturated heterocycles. The van der Waals surface area contributed by atoms with Crippen LogP contribution >= 0.6 is 0 Å². The topological polar surface area (TPSA) is 96.2 Å². The molecule has 0 radical (unpaired) electrons. The quantitative estimate of drug-likeness (QED) is 0.316. The Kier molecular flexibility index (Phi) is 9.64. The first-order valence-electron chi connectivity index (χ1n) is 9.80. The van der Waals surface area contributed by atoms with Gasteiger partial charge in [-0.15, -0.1) is 0 Å². The highest BCUT2D eigenvalue weighted by Gasteiger charge is 2.39. The van der Waals surface area contributed by atoms with Gasteiger partial charge in [0.2, 0.25) is 0 Å². The van der Waals surface area contributed by atoms with E-state index >= 15 is 0 Å². The summed E-state index contributed by atoms with van der Waals surface area (Å²) in [7, 11) is 1.34. The molecule has 0 amide bonds. The van der Waals surface area contributed by atoms with Crippen molar-refractivity contribution in [2.24, 2.45) is 11.8 Å². The Bertz CT molecular complexity index is 697. The zero-order valence-electron chi connectivity index (χ0n) is 16.6. The molecule has 0 aromatic heterocycles. The van der Waals surface area contributed by atoms with Crippen LogP contribution in [0.1, 0.15) is 19.3 Å². The third-order valence-electron chi connectivity index (χ3n) is 4.94. The van der Waals surface area contributed by atoms with Gasteiger partial charge in [0.15, 0.2) is 0 Å². The van der Waals surface area contributed by atoms with Crippen molar-refractivity contribution < 1.29 is 29.6 Å². The van der Waals surface area contributed by atoms with Crippen LogP contribution in [-0.4, -0.2) is 53.3 Å². The van der Waals surface area contributed by atoms with Gasteiger partial charge >= 0.3 is 5.97 Å². The zero-order valence-corrected chi connectivity index (χ0v) is 16.6. The summed E-state index contributed by atoms with van der Waals surface area (Å²) in [5.74, 6) is -0.0163. The van der Waals surface area contributed by atoms with Gasteiger partial charge in [-0.25, -0.2) is 0 Å². The maximum Gasteiger partial charge on any atom is 0.309 e. The van der Waals surface area contributed by atoms with Crippen molar-refractivity contribution in [2.45, 2.75) is 37.6 Å². The highest BCUT2D eigenvalue weighted by atomic mass is 16.5. The number of para-hydroxylation sites is 1. The normalized spacial score (nSPS) is 25.8. The fourth-order valence-electron chi connectivity index (χ4n) is 3.36. The highest BCUT2D eigenvalue weighted by molar-refractivity contribution is 5.70. The molecule has 1 aromatic rings. The second-order valence-electron chi connectivity index (χ2n) is 7.06. The van der Waals surface area contributed by atoms with Gasteiger partial charge in [0.1, 0.15) is 18.5 Å². The Labute approximate surface area is 171 Å². The van der Waals surface area contributed by atoms with Crippen molar-refractivity contribution in [3.05, 3.63) is 66.8 Å². The summed E-state index contributed by atoms with van der Waals surface area (Å²) < 4.78 is 10.1. The van der Waals surface area contributed by atoms with Crippen LogP contribution in [-0.2, 0) is 9.53 Å². The minimum Gasteiger partial charge on any atom is -0.491 e.